The molecule has 0 spiro atoms. The Bertz CT molecular complexity index is 1130. The first-order chi connectivity index (χ1) is 13.8. The summed E-state index contributed by atoms with van der Waals surface area (Å²) in [6.07, 6.45) is 2.93. The molecule has 1 N–H and O–H groups in total. The Morgan fingerprint density at radius 2 is 2.00 bits per heavy atom. The normalized spacial score (nSPS) is 11.1. The lowest BCUT2D eigenvalue weighted by Crippen LogP contribution is -2.31. The van der Waals surface area contributed by atoms with Crippen molar-refractivity contribution in [3.05, 3.63) is 83.1 Å². The fraction of sp³-hybridized carbons (Fsp3) is 0.0526. The van der Waals surface area contributed by atoms with Crippen molar-refractivity contribution in [2.75, 3.05) is 16.2 Å². The van der Waals surface area contributed by atoms with E-state index in [0.717, 1.165) is 16.4 Å². The van der Waals surface area contributed by atoms with Crippen molar-refractivity contribution < 1.29 is 17.6 Å². The van der Waals surface area contributed by atoms with Crippen molar-refractivity contribution in [1.82, 2.24) is 4.98 Å². The predicted octanol–water partition coefficient (Wildman–Crippen LogP) is 4.57. The molecule has 0 saturated carbocycles. The van der Waals surface area contributed by atoms with E-state index >= 15 is 0 Å². The van der Waals surface area contributed by atoms with Crippen LogP contribution in [0.25, 0.3) is 0 Å². The van der Waals surface area contributed by atoms with Crippen molar-refractivity contribution in [3.8, 4) is 0 Å². The van der Waals surface area contributed by atoms with Gasteiger partial charge in [0.25, 0.3) is 15.9 Å². The average Bonchev–Trinajstić information content (AvgIpc) is 3.20. The van der Waals surface area contributed by atoms with Crippen LogP contribution < -0.4 is 9.62 Å². The Kier molecular flexibility index (Phi) is 6.31. The van der Waals surface area contributed by atoms with Crippen molar-refractivity contribution in [2.45, 2.75) is 4.90 Å². The Hall–Kier alpha value is -2.75. The minimum Gasteiger partial charge on any atom is -0.298 e. The molecule has 3 aromatic rings. The van der Waals surface area contributed by atoms with Gasteiger partial charge in [-0.05, 0) is 42.5 Å². The van der Waals surface area contributed by atoms with Crippen LogP contribution in [0.15, 0.2) is 71.6 Å². The number of aromatic nitrogens is 1. The second-order valence-corrected chi connectivity index (χ2v) is 8.87. The molecule has 150 valence electrons. The Morgan fingerprint density at radius 3 is 2.62 bits per heavy atom. The van der Waals surface area contributed by atoms with E-state index in [1.807, 2.05) is 0 Å². The minimum atomic E-state index is -4.16. The van der Waals surface area contributed by atoms with Gasteiger partial charge in [-0.1, -0.05) is 17.7 Å². The number of carbonyl (C=O) groups is 1. The van der Waals surface area contributed by atoms with E-state index in [9.17, 15) is 17.6 Å². The zero-order valence-corrected chi connectivity index (χ0v) is 17.3. The maximum atomic E-state index is 13.3. The van der Waals surface area contributed by atoms with Crippen molar-refractivity contribution in [2.24, 2.45) is 0 Å². The van der Waals surface area contributed by atoms with Gasteiger partial charge in [0, 0.05) is 17.1 Å². The number of rotatable bonds is 7. The number of amides is 1. The van der Waals surface area contributed by atoms with Crippen LogP contribution in [0, 0.1) is 5.82 Å². The number of thiazole rings is 1. The largest absolute Gasteiger partial charge is 0.298 e. The maximum Gasteiger partial charge on any atom is 0.266 e. The van der Waals surface area contributed by atoms with Gasteiger partial charge < -0.3 is 0 Å². The predicted molar refractivity (Wildman–Crippen MR) is 113 cm³/mol. The molecule has 10 heteroatoms. The number of anilines is 2. The highest BCUT2D eigenvalue weighted by atomic mass is 35.5. The Morgan fingerprint density at radius 1 is 1.28 bits per heavy atom. The number of hydrogen-bond acceptors (Lipinski definition) is 5. The van der Waals surface area contributed by atoms with Crippen molar-refractivity contribution in [3.63, 3.8) is 0 Å². The minimum absolute atomic E-state index is 0.0491. The van der Waals surface area contributed by atoms with Gasteiger partial charge in [-0.3, -0.25) is 14.4 Å². The number of halogens is 2. The number of hydrogen-bond donors (Lipinski definition) is 1. The van der Waals surface area contributed by atoms with E-state index < -0.39 is 21.7 Å². The lowest BCUT2D eigenvalue weighted by Gasteiger charge is -2.24. The van der Waals surface area contributed by atoms with Crippen LogP contribution in [0.1, 0.15) is 10.4 Å². The Balaban J connectivity index is 2.01. The summed E-state index contributed by atoms with van der Waals surface area (Å²) in [6.45, 7) is 3.51. The molecule has 1 heterocycles. The highest BCUT2D eigenvalue weighted by Gasteiger charge is 2.27. The summed E-state index contributed by atoms with van der Waals surface area (Å²) in [7, 11) is -4.16. The zero-order chi connectivity index (χ0) is 21.0. The van der Waals surface area contributed by atoms with E-state index in [1.165, 1.54) is 53.9 Å². The molecule has 0 aliphatic carbocycles. The van der Waals surface area contributed by atoms with Crippen LogP contribution in [-0.2, 0) is 10.0 Å². The molecule has 1 amide bonds. The first-order valence-corrected chi connectivity index (χ1v) is 10.9. The summed E-state index contributed by atoms with van der Waals surface area (Å²) in [5.74, 6) is -1.02. The molecule has 29 heavy (non-hydrogen) atoms. The molecule has 0 radical (unpaired) electrons. The standard InChI is InChI=1S/C19H15ClFN3O3S2/c1-2-10-24(15-6-4-14(21)5-7-15)29(26,27)17-12-13(3-8-16(17)20)18(25)23-19-22-9-11-28-19/h2-9,11-12H,1,10H2,(H,22,23,25). The second-order valence-electron chi connectivity index (χ2n) is 5.74. The fourth-order valence-electron chi connectivity index (χ4n) is 2.48. The number of nitrogens with zero attached hydrogens (tertiary/aromatic N) is 2. The fourth-order valence-corrected chi connectivity index (χ4v) is 4.95. The van der Waals surface area contributed by atoms with Gasteiger partial charge in [0.2, 0.25) is 0 Å². The lowest BCUT2D eigenvalue weighted by atomic mass is 10.2. The summed E-state index contributed by atoms with van der Waals surface area (Å²) in [6, 6.07) is 8.93. The first-order valence-electron chi connectivity index (χ1n) is 8.22. The summed E-state index contributed by atoms with van der Waals surface area (Å²) in [5, 5.41) is 4.62. The van der Waals surface area contributed by atoms with E-state index in [0.29, 0.717) is 5.13 Å². The third-order valence-electron chi connectivity index (χ3n) is 3.82. The summed E-state index contributed by atoms with van der Waals surface area (Å²) in [4.78, 5) is 16.2. The highest BCUT2D eigenvalue weighted by molar-refractivity contribution is 7.93. The van der Waals surface area contributed by atoms with Gasteiger partial charge in [-0.2, -0.15) is 0 Å². The topological polar surface area (TPSA) is 79.4 Å². The van der Waals surface area contributed by atoms with Crippen LogP contribution in [0.2, 0.25) is 5.02 Å². The highest BCUT2D eigenvalue weighted by Crippen LogP contribution is 2.30. The molecule has 6 nitrogen and oxygen atoms in total. The van der Waals surface area contributed by atoms with E-state index in [4.69, 9.17) is 11.6 Å². The second kappa shape index (κ2) is 8.73. The molecule has 2 aromatic carbocycles. The number of benzene rings is 2. The lowest BCUT2D eigenvalue weighted by molar-refractivity contribution is 0.102. The van der Waals surface area contributed by atoms with Crippen LogP contribution in [-0.4, -0.2) is 25.9 Å². The molecular formula is C19H15ClFN3O3S2. The van der Waals surface area contributed by atoms with Gasteiger partial charge >= 0.3 is 0 Å². The van der Waals surface area contributed by atoms with E-state index in [2.05, 4.69) is 16.9 Å². The maximum absolute atomic E-state index is 13.3. The molecule has 0 fully saturated rings. The van der Waals surface area contributed by atoms with E-state index in [1.54, 1.807) is 5.38 Å². The van der Waals surface area contributed by atoms with Gasteiger partial charge in [0.05, 0.1) is 17.3 Å². The molecule has 0 unspecified atom stereocenters. The van der Waals surface area contributed by atoms with Crippen LogP contribution in [0.3, 0.4) is 0 Å². The monoisotopic (exact) mass is 451 g/mol. The third-order valence-corrected chi connectivity index (χ3v) is 6.79. The molecule has 1 aromatic heterocycles. The van der Waals surface area contributed by atoms with Gasteiger partial charge in [0.1, 0.15) is 10.7 Å². The molecule has 0 bridgehead atoms. The smallest absolute Gasteiger partial charge is 0.266 e. The van der Waals surface area contributed by atoms with Crippen LogP contribution in [0.5, 0.6) is 0 Å². The SMILES string of the molecule is C=CCN(c1ccc(F)cc1)S(=O)(=O)c1cc(C(=O)Nc2nccs2)ccc1Cl. The van der Waals surface area contributed by atoms with Crippen molar-refractivity contribution >= 4 is 49.7 Å². The Labute approximate surface area is 176 Å². The number of nitrogens with one attached hydrogen (secondary N) is 1. The number of sulfonamides is 1. The quantitative estimate of drug-likeness (QED) is 0.534. The van der Waals surface area contributed by atoms with Gasteiger partial charge in [-0.25, -0.2) is 17.8 Å². The average molecular weight is 452 g/mol. The molecule has 0 saturated heterocycles. The molecule has 0 aliphatic rings. The first kappa shape index (κ1) is 21.0. The van der Waals surface area contributed by atoms with E-state index in [-0.39, 0.29) is 27.7 Å². The molecule has 0 atom stereocenters. The summed E-state index contributed by atoms with van der Waals surface area (Å²) >= 11 is 7.38. The third kappa shape index (κ3) is 4.64. The van der Waals surface area contributed by atoms with Crippen LogP contribution >= 0.6 is 22.9 Å². The summed E-state index contributed by atoms with van der Waals surface area (Å²) < 4.78 is 40.8. The molecule has 3 rings (SSSR count). The molecular weight excluding hydrogens is 437 g/mol. The molecule has 0 aliphatic heterocycles. The zero-order valence-electron chi connectivity index (χ0n) is 14.9. The van der Waals surface area contributed by atoms with Crippen molar-refractivity contribution in [1.29, 1.82) is 0 Å². The van der Waals surface area contributed by atoms with Crippen LogP contribution in [0.4, 0.5) is 15.2 Å². The van der Waals surface area contributed by atoms with Gasteiger partial charge in [0.15, 0.2) is 5.13 Å². The van der Waals surface area contributed by atoms with Gasteiger partial charge in [-0.15, -0.1) is 17.9 Å². The number of carbonyl (C=O) groups excluding carboxylic acids is 1. The summed E-state index contributed by atoms with van der Waals surface area (Å²) in [5.41, 5.74) is 0.334.